The maximum Gasteiger partial charge on any atom is 0.270 e. The minimum Gasteiger partial charge on any atom is -0.395 e. The highest BCUT2D eigenvalue weighted by molar-refractivity contribution is 7.86. The maximum absolute atomic E-state index is 11.1. The Morgan fingerprint density at radius 1 is 1.24 bits per heavy atom. The Morgan fingerprint density at radius 3 is 2.29 bits per heavy atom. The topological polar surface area (TPSA) is 74.6 Å². The lowest BCUT2D eigenvalue weighted by atomic mass is 9.74. The van der Waals surface area contributed by atoms with Crippen molar-refractivity contribution in [1.29, 1.82) is 0 Å². The van der Waals surface area contributed by atoms with Crippen LogP contribution in [0, 0.1) is 29.6 Å². The Bertz CT molecular complexity index is 376. The van der Waals surface area contributed by atoms with Gasteiger partial charge >= 0.3 is 0 Å². The summed E-state index contributed by atoms with van der Waals surface area (Å²) in [5.41, 5.74) is 0. The van der Waals surface area contributed by atoms with E-state index in [0.29, 0.717) is 30.1 Å². The predicted molar refractivity (Wildman–Crippen MR) is 65.1 cm³/mol. The molecule has 0 amide bonds. The monoisotopic (exact) mass is 262 g/mol. The number of rotatable bonds is 4. The molecular weight excluding hydrogens is 240 g/mol. The zero-order valence-corrected chi connectivity index (χ0v) is 11.2. The van der Waals surface area contributed by atoms with Crippen LogP contribution in [0.3, 0.4) is 0 Å². The fourth-order valence-corrected chi connectivity index (χ4v) is 4.67. The second-order valence-electron chi connectivity index (χ2n) is 5.93. The van der Waals surface area contributed by atoms with Gasteiger partial charge < -0.3 is 5.11 Å². The molecule has 100 valence electrons. The molecule has 0 aliphatic heterocycles. The molecule has 5 heteroatoms. The van der Waals surface area contributed by atoms with Gasteiger partial charge in [-0.05, 0) is 48.9 Å². The molecule has 2 bridgehead atoms. The average Bonchev–Trinajstić information content (AvgIpc) is 2.75. The summed E-state index contributed by atoms with van der Waals surface area (Å²) in [5, 5.41) is 8.08. The summed E-state index contributed by atoms with van der Waals surface area (Å²) in [6.45, 7) is 4.04. The van der Waals surface area contributed by atoms with E-state index in [-0.39, 0.29) is 0 Å². The first-order chi connectivity index (χ1) is 7.84. The Morgan fingerprint density at radius 2 is 1.88 bits per heavy atom. The van der Waals surface area contributed by atoms with Crippen LogP contribution in [-0.4, -0.2) is 29.9 Å². The van der Waals surface area contributed by atoms with Crippen molar-refractivity contribution in [3.8, 4) is 0 Å². The second-order valence-corrected chi connectivity index (χ2v) is 7.63. The summed E-state index contributed by atoms with van der Waals surface area (Å²) < 4.78 is 31.2. The van der Waals surface area contributed by atoms with E-state index < -0.39 is 22.0 Å². The molecule has 2 aliphatic rings. The SMILES string of the molecule is CC1C2CC(CC(CO)S(=O)(=O)O)C(C2)C1C. The molecule has 2 aliphatic carbocycles. The van der Waals surface area contributed by atoms with Crippen molar-refractivity contribution >= 4 is 10.1 Å². The summed E-state index contributed by atoms with van der Waals surface area (Å²) in [6.07, 6.45) is 2.66. The summed E-state index contributed by atoms with van der Waals surface area (Å²) >= 11 is 0. The Kier molecular flexibility index (Phi) is 3.54. The largest absolute Gasteiger partial charge is 0.395 e. The fourth-order valence-electron chi connectivity index (χ4n) is 3.99. The van der Waals surface area contributed by atoms with Crippen LogP contribution in [0.5, 0.6) is 0 Å². The van der Waals surface area contributed by atoms with Gasteiger partial charge in [-0.1, -0.05) is 13.8 Å². The molecule has 0 radical (unpaired) electrons. The first-order valence-corrected chi connectivity index (χ1v) is 7.92. The Balaban J connectivity index is 2.03. The first-order valence-electron chi connectivity index (χ1n) is 6.41. The molecule has 2 N–H and O–H groups in total. The van der Waals surface area contributed by atoms with Crippen molar-refractivity contribution in [3.63, 3.8) is 0 Å². The lowest BCUT2D eigenvalue weighted by Gasteiger charge is -2.32. The van der Waals surface area contributed by atoms with E-state index >= 15 is 0 Å². The molecule has 0 aromatic rings. The van der Waals surface area contributed by atoms with Crippen LogP contribution in [0.25, 0.3) is 0 Å². The van der Waals surface area contributed by atoms with Crippen LogP contribution in [0.15, 0.2) is 0 Å². The van der Waals surface area contributed by atoms with E-state index in [1.165, 1.54) is 6.42 Å². The van der Waals surface area contributed by atoms with E-state index in [1.54, 1.807) is 0 Å². The zero-order valence-electron chi connectivity index (χ0n) is 10.4. The number of hydrogen-bond acceptors (Lipinski definition) is 3. The fraction of sp³-hybridized carbons (Fsp3) is 1.00. The van der Waals surface area contributed by atoms with Crippen LogP contribution in [0.4, 0.5) is 0 Å². The van der Waals surface area contributed by atoms with E-state index in [4.69, 9.17) is 9.66 Å². The molecule has 0 heterocycles. The summed E-state index contributed by atoms with van der Waals surface area (Å²) in [4.78, 5) is 0. The van der Waals surface area contributed by atoms with Gasteiger partial charge in [0.15, 0.2) is 0 Å². The molecule has 6 atom stereocenters. The molecule has 2 fully saturated rings. The normalized spacial score (nSPS) is 42.9. The predicted octanol–water partition coefficient (Wildman–Crippen LogP) is 1.55. The van der Waals surface area contributed by atoms with Crippen molar-refractivity contribution in [2.45, 2.75) is 38.4 Å². The van der Waals surface area contributed by atoms with Crippen molar-refractivity contribution in [3.05, 3.63) is 0 Å². The molecule has 6 unspecified atom stereocenters. The maximum atomic E-state index is 11.1. The van der Waals surface area contributed by atoms with Crippen LogP contribution < -0.4 is 0 Å². The highest BCUT2D eigenvalue weighted by atomic mass is 32.2. The number of aliphatic hydroxyl groups excluding tert-OH is 1. The summed E-state index contributed by atoms with van der Waals surface area (Å²) in [5.74, 6) is 3.01. The van der Waals surface area contributed by atoms with E-state index in [2.05, 4.69) is 13.8 Å². The molecule has 0 saturated heterocycles. The molecule has 17 heavy (non-hydrogen) atoms. The van der Waals surface area contributed by atoms with E-state index in [0.717, 1.165) is 12.3 Å². The third-order valence-corrected chi connectivity index (χ3v) is 6.41. The highest BCUT2D eigenvalue weighted by Gasteiger charge is 2.49. The lowest BCUT2D eigenvalue weighted by Crippen LogP contribution is -2.32. The molecule has 0 spiro atoms. The van der Waals surface area contributed by atoms with Gasteiger partial charge in [0.25, 0.3) is 10.1 Å². The van der Waals surface area contributed by atoms with Crippen LogP contribution in [0.2, 0.25) is 0 Å². The average molecular weight is 262 g/mol. The van der Waals surface area contributed by atoms with Gasteiger partial charge in [0.05, 0.1) is 6.61 Å². The van der Waals surface area contributed by atoms with Crippen LogP contribution in [-0.2, 0) is 10.1 Å². The van der Waals surface area contributed by atoms with Gasteiger partial charge in [-0.15, -0.1) is 0 Å². The van der Waals surface area contributed by atoms with Gasteiger partial charge in [-0.25, -0.2) is 0 Å². The van der Waals surface area contributed by atoms with Crippen molar-refractivity contribution in [2.24, 2.45) is 29.6 Å². The van der Waals surface area contributed by atoms with Crippen molar-refractivity contribution in [2.75, 3.05) is 6.61 Å². The standard InChI is InChI=1S/C12H22O4S/c1-7-8(2)12-5-9(7)3-10(12)4-11(6-13)17(14,15)16/h7-13H,3-6H2,1-2H3,(H,14,15,16). The van der Waals surface area contributed by atoms with Crippen molar-refractivity contribution < 1.29 is 18.1 Å². The Hall–Kier alpha value is -0.130. The molecule has 0 aromatic carbocycles. The van der Waals surface area contributed by atoms with Gasteiger partial charge in [-0.3, -0.25) is 4.55 Å². The quantitative estimate of drug-likeness (QED) is 0.754. The second kappa shape index (κ2) is 4.52. The van der Waals surface area contributed by atoms with Gasteiger partial charge in [0, 0.05) is 0 Å². The zero-order chi connectivity index (χ0) is 12.8. The van der Waals surface area contributed by atoms with E-state index in [1.807, 2.05) is 0 Å². The molecule has 0 aromatic heterocycles. The third-order valence-electron chi connectivity index (χ3n) is 5.22. The smallest absolute Gasteiger partial charge is 0.270 e. The Labute approximate surface area is 103 Å². The minimum absolute atomic E-state index is 0.352. The van der Waals surface area contributed by atoms with Crippen LogP contribution >= 0.6 is 0 Å². The lowest BCUT2D eigenvalue weighted by molar-refractivity contribution is 0.168. The van der Waals surface area contributed by atoms with Gasteiger partial charge in [-0.2, -0.15) is 8.42 Å². The number of aliphatic hydroxyl groups is 1. The third kappa shape index (κ3) is 2.37. The van der Waals surface area contributed by atoms with Gasteiger partial charge in [0.2, 0.25) is 0 Å². The molecular formula is C12H22O4S. The van der Waals surface area contributed by atoms with E-state index in [9.17, 15) is 8.42 Å². The molecule has 2 saturated carbocycles. The number of fused-ring (bicyclic) bond motifs is 2. The van der Waals surface area contributed by atoms with Crippen LogP contribution in [0.1, 0.15) is 33.1 Å². The van der Waals surface area contributed by atoms with Crippen molar-refractivity contribution in [1.82, 2.24) is 0 Å². The molecule has 2 rings (SSSR count). The molecule has 4 nitrogen and oxygen atoms in total. The minimum atomic E-state index is -4.10. The highest BCUT2D eigenvalue weighted by Crippen LogP contribution is 2.56. The first kappa shape index (κ1) is 13.3. The van der Waals surface area contributed by atoms with Gasteiger partial charge in [0.1, 0.15) is 5.25 Å². The number of hydrogen-bond donors (Lipinski definition) is 2. The summed E-state index contributed by atoms with van der Waals surface area (Å²) in [7, 11) is -4.10. The summed E-state index contributed by atoms with van der Waals surface area (Å²) in [6, 6.07) is 0.